The summed E-state index contributed by atoms with van der Waals surface area (Å²) in [4.78, 5) is 11.4. The number of thioether (sulfide) groups is 1. The lowest BCUT2D eigenvalue weighted by molar-refractivity contribution is -0.122. The smallest absolute Gasteiger partial charge is 0.236 e. The average molecular weight is 216 g/mol. The quantitative estimate of drug-likeness (QED) is 0.667. The predicted molar refractivity (Wildman–Crippen MR) is 61.3 cm³/mol. The molecule has 1 aliphatic carbocycles. The molecule has 0 radical (unpaired) electrons. The van der Waals surface area contributed by atoms with Crippen LogP contribution in [0.15, 0.2) is 0 Å². The van der Waals surface area contributed by atoms with E-state index >= 15 is 0 Å². The predicted octanol–water partition coefficient (Wildman–Crippen LogP) is 0.983. The fourth-order valence-electron chi connectivity index (χ4n) is 1.31. The highest BCUT2D eigenvalue weighted by Crippen LogP contribution is 2.31. The topological polar surface area (TPSA) is 55.1 Å². The number of amides is 1. The molecule has 0 unspecified atom stereocenters. The Morgan fingerprint density at radius 2 is 2.36 bits per heavy atom. The van der Waals surface area contributed by atoms with E-state index in [4.69, 9.17) is 5.73 Å². The molecule has 1 fully saturated rings. The summed E-state index contributed by atoms with van der Waals surface area (Å²) in [5, 5.41) is 2.89. The normalized spacial score (nSPS) is 17.9. The number of carbonyl (C=O) groups excluding carboxylic acids is 1. The minimum absolute atomic E-state index is 0.0136. The van der Waals surface area contributed by atoms with Crippen LogP contribution in [0.5, 0.6) is 0 Å². The van der Waals surface area contributed by atoms with Crippen molar-refractivity contribution in [3.8, 4) is 0 Å². The molecule has 3 N–H and O–H groups in total. The summed E-state index contributed by atoms with van der Waals surface area (Å²) in [6, 6.07) is -0.318. The standard InChI is InChI=1S/C10H20N2OS/c1-14-7-5-9(11)10(13)12-6-4-8-2-3-8/h8-9H,2-7,11H2,1H3,(H,12,13)/t9-/m0/s1. The molecule has 0 heterocycles. The Hall–Kier alpha value is -0.220. The number of hydrogen-bond acceptors (Lipinski definition) is 3. The maximum Gasteiger partial charge on any atom is 0.236 e. The number of rotatable bonds is 7. The van der Waals surface area contributed by atoms with Gasteiger partial charge in [-0.1, -0.05) is 12.8 Å². The highest BCUT2D eigenvalue weighted by Gasteiger charge is 2.21. The second-order valence-electron chi connectivity index (χ2n) is 3.91. The lowest BCUT2D eigenvalue weighted by Crippen LogP contribution is -2.41. The minimum Gasteiger partial charge on any atom is -0.355 e. The van der Waals surface area contributed by atoms with Crippen molar-refractivity contribution >= 4 is 17.7 Å². The molecule has 1 saturated carbocycles. The van der Waals surface area contributed by atoms with E-state index < -0.39 is 0 Å². The Kier molecular flexibility index (Phi) is 5.33. The number of nitrogens with two attached hydrogens (primary N) is 1. The van der Waals surface area contributed by atoms with E-state index in [1.807, 2.05) is 6.26 Å². The Morgan fingerprint density at radius 3 is 2.93 bits per heavy atom. The van der Waals surface area contributed by atoms with Crippen LogP contribution >= 0.6 is 11.8 Å². The van der Waals surface area contributed by atoms with Crippen molar-refractivity contribution in [1.82, 2.24) is 5.32 Å². The van der Waals surface area contributed by atoms with E-state index in [0.29, 0.717) is 0 Å². The van der Waals surface area contributed by atoms with E-state index in [-0.39, 0.29) is 11.9 Å². The molecule has 1 rings (SSSR count). The van der Waals surface area contributed by atoms with Gasteiger partial charge in [0.25, 0.3) is 0 Å². The maximum absolute atomic E-state index is 11.4. The third kappa shape index (κ3) is 4.86. The van der Waals surface area contributed by atoms with Crippen LogP contribution in [0.1, 0.15) is 25.7 Å². The second kappa shape index (κ2) is 6.30. The fourth-order valence-corrected chi connectivity index (χ4v) is 1.80. The molecule has 1 atom stereocenters. The summed E-state index contributed by atoms with van der Waals surface area (Å²) < 4.78 is 0. The average Bonchev–Trinajstić information content (AvgIpc) is 2.97. The molecule has 0 bridgehead atoms. The van der Waals surface area contributed by atoms with Gasteiger partial charge in [-0.15, -0.1) is 0 Å². The number of nitrogens with one attached hydrogen (secondary N) is 1. The zero-order chi connectivity index (χ0) is 10.4. The molecule has 14 heavy (non-hydrogen) atoms. The van der Waals surface area contributed by atoms with Crippen LogP contribution in [0.4, 0.5) is 0 Å². The van der Waals surface area contributed by atoms with Crippen molar-refractivity contribution in [3.05, 3.63) is 0 Å². The van der Waals surface area contributed by atoms with Gasteiger partial charge in [-0.25, -0.2) is 0 Å². The third-order valence-electron chi connectivity index (χ3n) is 2.52. The first kappa shape index (κ1) is 11.9. The summed E-state index contributed by atoms with van der Waals surface area (Å²) in [5.41, 5.74) is 5.71. The van der Waals surface area contributed by atoms with Crippen LogP contribution in [0.25, 0.3) is 0 Å². The van der Waals surface area contributed by atoms with Crippen LogP contribution in [-0.4, -0.2) is 30.5 Å². The van der Waals surface area contributed by atoms with Gasteiger partial charge in [0.2, 0.25) is 5.91 Å². The Bertz CT molecular complexity index is 183. The molecule has 0 spiro atoms. The van der Waals surface area contributed by atoms with Crippen molar-refractivity contribution in [2.24, 2.45) is 11.7 Å². The van der Waals surface area contributed by atoms with Crippen LogP contribution in [-0.2, 0) is 4.79 Å². The van der Waals surface area contributed by atoms with Gasteiger partial charge in [0, 0.05) is 6.54 Å². The van der Waals surface area contributed by atoms with E-state index in [1.54, 1.807) is 11.8 Å². The number of hydrogen-bond donors (Lipinski definition) is 2. The van der Waals surface area contributed by atoms with Crippen molar-refractivity contribution in [2.45, 2.75) is 31.7 Å². The highest BCUT2D eigenvalue weighted by molar-refractivity contribution is 7.98. The Labute approximate surface area is 90.2 Å². The first-order valence-electron chi connectivity index (χ1n) is 5.26. The van der Waals surface area contributed by atoms with Crippen LogP contribution in [0.2, 0.25) is 0 Å². The maximum atomic E-state index is 11.4. The largest absolute Gasteiger partial charge is 0.355 e. The molecule has 0 saturated heterocycles. The molecule has 1 amide bonds. The molecular weight excluding hydrogens is 196 g/mol. The minimum atomic E-state index is -0.318. The molecule has 0 aliphatic heterocycles. The van der Waals surface area contributed by atoms with E-state index in [9.17, 15) is 4.79 Å². The van der Waals surface area contributed by atoms with Gasteiger partial charge in [-0.3, -0.25) is 4.79 Å². The van der Waals surface area contributed by atoms with Crippen molar-refractivity contribution < 1.29 is 4.79 Å². The Balaban J connectivity index is 2.00. The van der Waals surface area contributed by atoms with Crippen LogP contribution in [0.3, 0.4) is 0 Å². The summed E-state index contributed by atoms with van der Waals surface area (Å²) in [5.74, 6) is 1.84. The number of carbonyl (C=O) groups is 1. The van der Waals surface area contributed by atoms with Gasteiger partial charge in [-0.05, 0) is 30.8 Å². The van der Waals surface area contributed by atoms with Crippen molar-refractivity contribution in [1.29, 1.82) is 0 Å². The molecule has 0 aromatic heterocycles. The molecule has 4 heteroatoms. The summed E-state index contributed by atoms with van der Waals surface area (Å²) in [7, 11) is 0. The van der Waals surface area contributed by atoms with Gasteiger partial charge in [0.15, 0.2) is 0 Å². The van der Waals surface area contributed by atoms with Crippen LogP contribution < -0.4 is 11.1 Å². The zero-order valence-electron chi connectivity index (χ0n) is 8.79. The van der Waals surface area contributed by atoms with Gasteiger partial charge >= 0.3 is 0 Å². The SMILES string of the molecule is CSCC[C@H](N)C(=O)NCCC1CC1. The lowest BCUT2D eigenvalue weighted by Gasteiger charge is -2.11. The van der Waals surface area contributed by atoms with Crippen molar-refractivity contribution in [2.75, 3.05) is 18.6 Å². The monoisotopic (exact) mass is 216 g/mol. The fraction of sp³-hybridized carbons (Fsp3) is 0.900. The second-order valence-corrected chi connectivity index (χ2v) is 4.90. The molecule has 1 aliphatic rings. The molecule has 0 aromatic rings. The Morgan fingerprint density at radius 1 is 1.64 bits per heavy atom. The highest BCUT2D eigenvalue weighted by atomic mass is 32.2. The molecule has 0 aromatic carbocycles. The van der Waals surface area contributed by atoms with Crippen LogP contribution in [0, 0.1) is 5.92 Å². The first-order valence-corrected chi connectivity index (χ1v) is 6.65. The van der Waals surface area contributed by atoms with Gasteiger partial charge in [-0.2, -0.15) is 11.8 Å². The first-order chi connectivity index (χ1) is 6.74. The van der Waals surface area contributed by atoms with Gasteiger partial charge in [0.05, 0.1) is 6.04 Å². The van der Waals surface area contributed by atoms with Crippen molar-refractivity contribution in [3.63, 3.8) is 0 Å². The summed E-state index contributed by atoms with van der Waals surface area (Å²) >= 11 is 1.73. The molecular formula is C10H20N2OS. The van der Waals surface area contributed by atoms with Gasteiger partial charge in [0.1, 0.15) is 0 Å². The molecule has 82 valence electrons. The zero-order valence-corrected chi connectivity index (χ0v) is 9.61. The van der Waals surface area contributed by atoms with E-state index in [2.05, 4.69) is 5.32 Å². The lowest BCUT2D eigenvalue weighted by atomic mass is 10.2. The summed E-state index contributed by atoms with van der Waals surface area (Å²) in [6.45, 7) is 0.802. The third-order valence-corrected chi connectivity index (χ3v) is 3.16. The molecule has 3 nitrogen and oxygen atoms in total. The summed E-state index contributed by atoms with van der Waals surface area (Å²) in [6.07, 6.45) is 6.61. The van der Waals surface area contributed by atoms with E-state index in [1.165, 1.54) is 12.8 Å². The van der Waals surface area contributed by atoms with E-state index in [0.717, 1.165) is 31.1 Å². The van der Waals surface area contributed by atoms with Gasteiger partial charge < -0.3 is 11.1 Å².